The lowest BCUT2D eigenvalue weighted by atomic mass is 9.97. The van der Waals surface area contributed by atoms with E-state index in [0.29, 0.717) is 5.56 Å². The molecule has 1 rings (SSSR count). The molecule has 5 nitrogen and oxygen atoms in total. The number of hydrogen-bond acceptors (Lipinski definition) is 5. The molecule has 0 spiro atoms. The largest absolute Gasteiger partial charge is 0.469 e. The second-order valence-corrected chi connectivity index (χ2v) is 7.20. The van der Waals surface area contributed by atoms with Crippen LogP contribution in [0.3, 0.4) is 0 Å². The van der Waals surface area contributed by atoms with Gasteiger partial charge in [0.05, 0.1) is 23.2 Å². The van der Waals surface area contributed by atoms with Gasteiger partial charge in [0.1, 0.15) is 0 Å². The molecule has 0 unspecified atom stereocenters. The fourth-order valence-electron chi connectivity index (χ4n) is 1.79. The predicted molar refractivity (Wildman–Crippen MR) is 74.3 cm³/mol. The zero-order valence-electron chi connectivity index (χ0n) is 12.0. The Morgan fingerprint density at radius 3 is 2.05 bits per heavy atom. The third kappa shape index (κ3) is 3.66. The Kier molecular flexibility index (Phi) is 4.70. The number of methoxy groups -OCH3 is 1. The van der Waals surface area contributed by atoms with Crippen LogP contribution >= 0.6 is 0 Å². The molecule has 0 heterocycles. The van der Waals surface area contributed by atoms with Crippen molar-refractivity contribution in [2.75, 3.05) is 12.9 Å². The first kappa shape index (κ1) is 16.4. The maximum Gasteiger partial charge on any atom is 0.312 e. The number of rotatable bonds is 5. The van der Waals surface area contributed by atoms with Gasteiger partial charge in [0.25, 0.3) is 0 Å². The molecule has 0 atom stereocenters. The van der Waals surface area contributed by atoms with Crippen LogP contribution in [0.5, 0.6) is 0 Å². The SMILES string of the molecule is COC(=O)C(C)(C)CS(=O)(=O)c1ccc(C(C)=O)cc1. The van der Waals surface area contributed by atoms with E-state index in [1.54, 1.807) is 0 Å². The van der Waals surface area contributed by atoms with Crippen molar-refractivity contribution in [1.82, 2.24) is 0 Å². The highest BCUT2D eigenvalue weighted by molar-refractivity contribution is 7.91. The summed E-state index contributed by atoms with van der Waals surface area (Å²) in [6.07, 6.45) is 0. The van der Waals surface area contributed by atoms with Crippen molar-refractivity contribution in [3.63, 3.8) is 0 Å². The molecule has 0 saturated carbocycles. The molecule has 1 aromatic carbocycles. The molecule has 0 aliphatic heterocycles. The van der Waals surface area contributed by atoms with E-state index in [2.05, 4.69) is 4.74 Å². The van der Waals surface area contributed by atoms with Crippen molar-refractivity contribution in [2.24, 2.45) is 5.41 Å². The third-order valence-electron chi connectivity index (χ3n) is 2.91. The molecule has 0 aromatic heterocycles. The molecule has 0 aliphatic carbocycles. The van der Waals surface area contributed by atoms with Gasteiger partial charge in [-0.05, 0) is 32.9 Å². The Balaban J connectivity index is 3.05. The summed E-state index contributed by atoms with van der Waals surface area (Å²) in [6, 6.07) is 5.67. The van der Waals surface area contributed by atoms with Crippen LogP contribution in [-0.4, -0.2) is 33.0 Å². The van der Waals surface area contributed by atoms with E-state index in [1.807, 2.05) is 0 Å². The number of Topliss-reactive ketones (excluding diaryl/α,β-unsaturated/α-hetero) is 1. The van der Waals surface area contributed by atoms with E-state index in [1.165, 1.54) is 52.1 Å². The molecular weight excluding hydrogens is 280 g/mol. The van der Waals surface area contributed by atoms with Crippen molar-refractivity contribution in [2.45, 2.75) is 25.7 Å². The highest BCUT2D eigenvalue weighted by Gasteiger charge is 2.35. The topological polar surface area (TPSA) is 77.5 Å². The highest BCUT2D eigenvalue weighted by atomic mass is 32.2. The van der Waals surface area contributed by atoms with Crippen LogP contribution in [-0.2, 0) is 19.4 Å². The van der Waals surface area contributed by atoms with Crippen LogP contribution in [0.25, 0.3) is 0 Å². The third-order valence-corrected chi connectivity index (χ3v) is 5.00. The standard InChI is InChI=1S/C14H18O5S/c1-10(15)11-5-7-12(8-6-11)20(17,18)9-14(2,3)13(16)19-4/h5-8H,9H2,1-4H3. The maximum absolute atomic E-state index is 12.3. The van der Waals surface area contributed by atoms with Crippen molar-refractivity contribution < 1.29 is 22.7 Å². The van der Waals surface area contributed by atoms with Crippen molar-refractivity contribution in [3.8, 4) is 0 Å². The summed E-state index contributed by atoms with van der Waals surface area (Å²) in [5, 5.41) is 0. The summed E-state index contributed by atoms with van der Waals surface area (Å²) in [7, 11) is -2.41. The van der Waals surface area contributed by atoms with Crippen LogP contribution in [0.4, 0.5) is 0 Å². The van der Waals surface area contributed by atoms with Crippen molar-refractivity contribution in [3.05, 3.63) is 29.8 Å². The van der Waals surface area contributed by atoms with Crippen LogP contribution in [0.1, 0.15) is 31.1 Å². The quantitative estimate of drug-likeness (QED) is 0.612. The number of benzene rings is 1. The first-order valence-corrected chi connectivity index (χ1v) is 7.67. The average molecular weight is 298 g/mol. The van der Waals surface area contributed by atoms with Gasteiger partial charge in [-0.25, -0.2) is 8.42 Å². The smallest absolute Gasteiger partial charge is 0.312 e. The second-order valence-electron chi connectivity index (χ2n) is 5.22. The normalized spacial score (nSPS) is 12.0. The Morgan fingerprint density at radius 2 is 1.65 bits per heavy atom. The lowest BCUT2D eigenvalue weighted by Crippen LogP contribution is -2.33. The van der Waals surface area contributed by atoms with Gasteiger partial charge in [-0.3, -0.25) is 9.59 Å². The van der Waals surface area contributed by atoms with Gasteiger partial charge in [0.15, 0.2) is 15.6 Å². The highest BCUT2D eigenvalue weighted by Crippen LogP contribution is 2.24. The van der Waals surface area contributed by atoms with E-state index in [-0.39, 0.29) is 16.4 Å². The molecule has 0 radical (unpaired) electrons. The van der Waals surface area contributed by atoms with Gasteiger partial charge < -0.3 is 4.74 Å². The first-order valence-electron chi connectivity index (χ1n) is 6.02. The molecular formula is C14H18O5S. The molecule has 0 aliphatic rings. The number of esters is 1. The Bertz CT molecular complexity index is 611. The number of carbonyl (C=O) groups excluding carboxylic acids is 2. The van der Waals surface area contributed by atoms with E-state index < -0.39 is 21.2 Å². The van der Waals surface area contributed by atoms with Gasteiger partial charge in [0, 0.05) is 5.56 Å². The van der Waals surface area contributed by atoms with Gasteiger partial charge in [-0.2, -0.15) is 0 Å². The summed E-state index contributed by atoms with van der Waals surface area (Å²) < 4.78 is 29.1. The van der Waals surface area contributed by atoms with E-state index in [4.69, 9.17) is 0 Å². The number of carbonyl (C=O) groups is 2. The van der Waals surface area contributed by atoms with Crippen LogP contribution in [0.2, 0.25) is 0 Å². The fourth-order valence-corrected chi connectivity index (χ4v) is 3.58. The predicted octanol–water partition coefficient (Wildman–Crippen LogP) is 1.86. The zero-order chi connectivity index (χ0) is 15.6. The minimum atomic E-state index is -3.63. The Labute approximate surface area is 118 Å². The molecule has 6 heteroatoms. The minimum absolute atomic E-state index is 0.0829. The minimum Gasteiger partial charge on any atom is -0.469 e. The lowest BCUT2D eigenvalue weighted by Gasteiger charge is -2.21. The number of ether oxygens (including phenoxy) is 1. The summed E-state index contributed by atoms with van der Waals surface area (Å²) in [5.41, 5.74) is -0.691. The van der Waals surface area contributed by atoms with Crippen molar-refractivity contribution in [1.29, 1.82) is 0 Å². The molecule has 20 heavy (non-hydrogen) atoms. The maximum atomic E-state index is 12.3. The summed E-state index contributed by atoms with van der Waals surface area (Å²) >= 11 is 0. The molecule has 0 saturated heterocycles. The van der Waals surface area contributed by atoms with Gasteiger partial charge in [0.2, 0.25) is 0 Å². The summed E-state index contributed by atoms with van der Waals surface area (Å²) in [6.45, 7) is 4.44. The molecule has 1 aromatic rings. The Morgan fingerprint density at radius 1 is 1.15 bits per heavy atom. The Hall–Kier alpha value is -1.69. The lowest BCUT2D eigenvalue weighted by molar-refractivity contribution is -0.149. The second kappa shape index (κ2) is 5.75. The molecule has 0 N–H and O–H groups in total. The first-order chi connectivity index (χ1) is 9.10. The zero-order valence-corrected chi connectivity index (χ0v) is 12.8. The van der Waals surface area contributed by atoms with E-state index in [9.17, 15) is 18.0 Å². The van der Waals surface area contributed by atoms with Gasteiger partial charge >= 0.3 is 5.97 Å². The van der Waals surface area contributed by atoms with Crippen LogP contribution in [0, 0.1) is 5.41 Å². The van der Waals surface area contributed by atoms with E-state index >= 15 is 0 Å². The van der Waals surface area contributed by atoms with Crippen LogP contribution < -0.4 is 0 Å². The van der Waals surface area contributed by atoms with Gasteiger partial charge in [-0.1, -0.05) is 12.1 Å². The monoisotopic (exact) mass is 298 g/mol. The van der Waals surface area contributed by atoms with Gasteiger partial charge in [-0.15, -0.1) is 0 Å². The van der Waals surface area contributed by atoms with Crippen LogP contribution in [0.15, 0.2) is 29.2 Å². The number of sulfone groups is 1. The number of ketones is 1. The molecule has 110 valence electrons. The molecule has 0 bridgehead atoms. The van der Waals surface area contributed by atoms with Crippen molar-refractivity contribution >= 4 is 21.6 Å². The van der Waals surface area contributed by atoms with E-state index in [0.717, 1.165) is 0 Å². The molecule has 0 fully saturated rings. The molecule has 0 amide bonds. The average Bonchev–Trinajstić information content (AvgIpc) is 2.36. The number of hydrogen-bond donors (Lipinski definition) is 0. The fraction of sp³-hybridized carbons (Fsp3) is 0.429. The summed E-state index contributed by atoms with van der Waals surface area (Å²) in [5.74, 6) is -1.07. The summed E-state index contributed by atoms with van der Waals surface area (Å²) in [4.78, 5) is 22.8.